The lowest BCUT2D eigenvalue weighted by atomic mass is 10.0. The number of aliphatic hydroxyl groups excluding tert-OH is 1. The summed E-state index contributed by atoms with van der Waals surface area (Å²) in [5.74, 6) is -0.109. The summed E-state index contributed by atoms with van der Waals surface area (Å²) < 4.78 is 0. The Bertz CT molecular complexity index is 1100. The Hall–Kier alpha value is -2.90. The van der Waals surface area contributed by atoms with Crippen molar-refractivity contribution in [1.29, 1.82) is 0 Å². The minimum atomic E-state index is -1.37. The van der Waals surface area contributed by atoms with Crippen molar-refractivity contribution in [3.63, 3.8) is 0 Å². The third-order valence-electron chi connectivity index (χ3n) is 3.90. The zero-order valence-electron chi connectivity index (χ0n) is 15.7. The van der Waals surface area contributed by atoms with Crippen molar-refractivity contribution in [3.8, 4) is 5.75 Å². The summed E-state index contributed by atoms with van der Waals surface area (Å²) in [6, 6.07) is 11.2. The van der Waals surface area contributed by atoms with Crippen LogP contribution in [0.5, 0.6) is 5.75 Å². The first kappa shape index (κ1) is 19.9. The van der Waals surface area contributed by atoms with E-state index < -0.39 is 17.2 Å². The fourth-order valence-electron chi connectivity index (χ4n) is 2.57. The van der Waals surface area contributed by atoms with Crippen LogP contribution in [0.3, 0.4) is 0 Å². The molecule has 7 nitrogen and oxygen atoms in total. The van der Waals surface area contributed by atoms with Crippen LogP contribution in [0, 0.1) is 0 Å². The summed E-state index contributed by atoms with van der Waals surface area (Å²) in [6.07, 6.45) is -1.37. The van der Waals surface area contributed by atoms with Gasteiger partial charge in [0.2, 0.25) is 0 Å². The molecule has 4 N–H and O–H groups in total. The van der Waals surface area contributed by atoms with E-state index in [9.17, 15) is 15.0 Å². The van der Waals surface area contributed by atoms with Gasteiger partial charge in [-0.1, -0.05) is 29.8 Å². The van der Waals surface area contributed by atoms with Gasteiger partial charge in [-0.15, -0.1) is 0 Å². The number of nitrogens with one attached hydrogen (secondary N) is 2. The van der Waals surface area contributed by atoms with Gasteiger partial charge in [0.1, 0.15) is 17.6 Å². The van der Waals surface area contributed by atoms with Crippen molar-refractivity contribution in [2.45, 2.75) is 32.4 Å². The number of aromatic hydroxyl groups is 1. The van der Waals surface area contributed by atoms with Crippen LogP contribution in [0.2, 0.25) is 5.02 Å². The maximum absolute atomic E-state index is 12.7. The molecule has 3 rings (SSSR count). The Labute approximate surface area is 166 Å². The average Bonchev–Trinajstić information content (AvgIpc) is 2.61. The summed E-state index contributed by atoms with van der Waals surface area (Å²) in [4.78, 5) is 19.8. The van der Waals surface area contributed by atoms with Crippen LogP contribution in [0.4, 0.5) is 0 Å². The second-order valence-electron chi connectivity index (χ2n) is 7.40. The molecule has 0 aliphatic heterocycles. The number of phenolic OH excluding ortho intramolecular Hbond substituents is 1. The molecule has 0 aliphatic rings. The van der Waals surface area contributed by atoms with E-state index in [-0.39, 0.29) is 22.7 Å². The Morgan fingerprint density at radius 2 is 1.96 bits per heavy atom. The van der Waals surface area contributed by atoms with Gasteiger partial charge in [-0.3, -0.25) is 4.79 Å². The van der Waals surface area contributed by atoms with Crippen molar-refractivity contribution in [2.24, 2.45) is 5.10 Å². The summed E-state index contributed by atoms with van der Waals surface area (Å²) in [5.41, 5.74) is 3.09. The number of benzene rings is 2. The van der Waals surface area contributed by atoms with Crippen molar-refractivity contribution in [3.05, 3.63) is 69.1 Å². The normalized spacial score (nSPS) is 13.5. The van der Waals surface area contributed by atoms with E-state index >= 15 is 0 Å². The van der Waals surface area contributed by atoms with Gasteiger partial charge in [-0.05, 0) is 45.0 Å². The summed E-state index contributed by atoms with van der Waals surface area (Å²) in [5, 5.41) is 25.8. The molecule has 1 aromatic heterocycles. The van der Waals surface area contributed by atoms with Crippen molar-refractivity contribution < 1.29 is 10.2 Å². The number of aromatic nitrogens is 2. The SMILES string of the molecule is CC(C)(C)N/N=C(\c1nc2ccc(Cl)cc2[nH]c1=O)[C@H](O)c1ccccc1O. The van der Waals surface area contributed by atoms with Crippen molar-refractivity contribution >= 4 is 28.3 Å². The van der Waals surface area contributed by atoms with Crippen LogP contribution in [-0.2, 0) is 0 Å². The maximum Gasteiger partial charge on any atom is 0.276 e. The molecule has 0 amide bonds. The molecule has 0 bridgehead atoms. The molecule has 8 heteroatoms. The van der Waals surface area contributed by atoms with E-state index in [2.05, 4.69) is 20.5 Å². The number of phenols is 1. The van der Waals surface area contributed by atoms with Crippen LogP contribution < -0.4 is 11.0 Å². The Balaban J connectivity index is 2.18. The van der Waals surface area contributed by atoms with Gasteiger partial charge in [0, 0.05) is 16.1 Å². The lowest BCUT2D eigenvalue weighted by Gasteiger charge is -2.21. The van der Waals surface area contributed by atoms with Gasteiger partial charge >= 0.3 is 0 Å². The quantitative estimate of drug-likeness (QED) is 0.397. The molecule has 0 fully saturated rings. The highest BCUT2D eigenvalue weighted by molar-refractivity contribution is 6.31. The van der Waals surface area contributed by atoms with E-state index in [1.807, 2.05) is 20.8 Å². The third-order valence-corrected chi connectivity index (χ3v) is 4.13. The number of hydrazone groups is 1. The predicted molar refractivity (Wildman–Crippen MR) is 110 cm³/mol. The number of nitrogens with zero attached hydrogens (tertiary/aromatic N) is 2. The fourth-order valence-corrected chi connectivity index (χ4v) is 2.74. The van der Waals surface area contributed by atoms with Gasteiger partial charge in [0.25, 0.3) is 5.56 Å². The number of fused-ring (bicyclic) bond motifs is 1. The highest BCUT2D eigenvalue weighted by atomic mass is 35.5. The van der Waals surface area contributed by atoms with E-state index in [0.717, 1.165) is 0 Å². The number of halogens is 1. The number of aliphatic hydroxyl groups is 1. The van der Waals surface area contributed by atoms with Gasteiger partial charge in [-0.2, -0.15) is 5.10 Å². The summed E-state index contributed by atoms with van der Waals surface area (Å²) >= 11 is 5.97. The van der Waals surface area contributed by atoms with Crippen LogP contribution in [-0.4, -0.2) is 31.4 Å². The number of para-hydroxylation sites is 1. The molecule has 0 saturated carbocycles. The first-order valence-electron chi connectivity index (χ1n) is 8.66. The topological polar surface area (TPSA) is 111 Å². The molecule has 2 aromatic carbocycles. The Morgan fingerprint density at radius 3 is 2.64 bits per heavy atom. The minimum Gasteiger partial charge on any atom is -0.508 e. The molecule has 1 heterocycles. The molecular weight excluding hydrogens is 380 g/mol. The highest BCUT2D eigenvalue weighted by Crippen LogP contribution is 2.26. The first-order chi connectivity index (χ1) is 13.2. The Morgan fingerprint density at radius 1 is 1.25 bits per heavy atom. The van der Waals surface area contributed by atoms with E-state index in [1.54, 1.807) is 36.4 Å². The van der Waals surface area contributed by atoms with Crippen LogP contribution in [0.15, 0.2) is 52.4 Å². The van der Waals surface area contributed by atoms with Crippen molar-refractivity contribution in [1.82, 2.24) is 15.4 Å². The number of H-pyrrole nitrogens is 1. The molecule has 28 heavy (non-hydrogen) atoms. The second kappa shape index (κ2) is 7.61. The van der Waals surface area contributed by atoms with Gasteiger partial charge in [0.05, 0.1) is 11.0 Å². The monoisotopic (exact) mass is 400 g/mol. The number of hydrogen-bond donors (Lipinski definition) is 4. The lowest BCUT2D eigenvalue weighted by molar-refractivity contribution is 0.240. The molecule has 0 saturated heterocycles. The second-order valence-corrected chi connectivity index (χ2v) is 7.83. The smallest absolute Gasteiger partial charge is 0.276 e. The summed E-state index contributed by atoms with van der Waals surface area (Å²) in [6.45, 7) is 5.67. The molecule has 0 radical (unpaired) electrons. The largest absolute Gasteiger partial charge is 0.508 e. The summed E-state index contributed by atoms with van der Waals surface area (Å²) in [7, 11) is 0. The number of rotatable bonds is 4. The van der Waals surface area contributed by atoms with Crippen LogP contribution in [0.25, 0.3) is 11.0 Å². The molecular formula is C20H21ClN4O3. The molecule has 0 aliphatic carbocycles. The standard InChI is InChI=1S/C20H21ClN4O3/c1-20(2,3)25-24-16(18(27)12-6-4-5-7-15(12)26)17-19(28)23-14-10-11(21)8-9-13(14)22-17/h4-10,18,25-27H,1-3H3,(H,23,28)/b24-16+/t18-/m1/s1. The molecule has 1 atom stereocenters. The molecule has 3 aromatic rings. The molecule has 0 unspecified atom stereocenters. The maximum atomic E-state index is 12.7. The first-order valence-corrected chi connectivity index (χ1v) is 9.04. The van der Waals surface area contributed by atoms with E-state index in [0.29, 0.717) is 16.1 Å². The lowest BCUT2D eigenvalue weighted by Crippen LogP contribution is -2.35. The van der Waals surface area contributed by atoms with Gasteiger partial charge < -0.3 is 20.6 Å². The van der Waals surface area contributed by atoms with Gasteiger partial charge in [0.15, 0.2) is 5.69 Å². The minimum absolute atomic E-state index is 0.00507. The van der Waals surface area contributed by atoms with Crippen LogP contribution >= 0.6 is 11.6 Å². The van der Waals surface area contributed by atoms with E-state index in [4.69, 9.17) is 11.6 Å². The zero-order chi connectivity index (χ0) is 20.5. The van der Waals surface area contributed by atoms with Crippen LogP contribution in [0.1, 0.15) is 38.1 Å². The van der Waals surface area contributed by atoms with E-state index in [1.165, 1.54) is 6.07 Å². The number of aromatic amines is 1. The molecule has 0 spiro atoms. The highest BCUT2D eigenvalue weighted by Gasteiger charge is 2.25. The fraction of sp³-hybridized carbons (Fsp3) is 0.250. The van der Waals surface area contributed by atoms with Crippen molar-refractivity contribution in [2.75, 3.05) is 0 Å². The van der Waals surface area contributed by atoms with Gasteiger partial charge in [-0.25, -0.2) is 4.98 Å². The zero-order valence-corrected chi connectivity index (χ0v) is 16.4. The molecule has 146 valence electrons. The predicted octanol–water partition coefficient (Wildman–Crippen LogP) is 3.11. The third kappa shape index (κ3) is 4.32. The number of hydrogen-bond acceptors (Lipinski definition) is 6. The average molecular weight is 401 g/mol. The Kier molecular flexibility index (Phi) is 5.40.